The van der Waals surface area contributed by atoms with Gasteiger partial charge in [-0.25, -0.2) is 0 Å². The summed E-state index contributed by atoms with van der Waals surface area (Å²) < 4.78 is 0. The van der Waals surface area contributed by atoms with E-state index in [0.717, 1.165) is 11.1 Å². The lowest BCUT2D eigenvalue weighted by Crippen LogP contribution is -2.54. The Hall–Kier alpha value is -2.08. The molecule has 2 atom stereocenters. The summed E-state index contributed by atoms with van der Waals surface area (Å²) in [5.74, 6) is -0.371. The van der Waals surface area contributed by atoms with Crippen molar-refractivity contribution in [1.29, 1.82) is 0 Å². The number of carbonyl (C=O) groups excluding carboxylic acids is 2. The predicted molar refractivity (Wildman–Crippen MR) is 114 cm³/mol. The molecule has 2 aromatic carbocycles. The number of likely N-dealkylation sites (N-methyl/N-ethyl adjacent to an activating group) is 1. The minimum Gasteiger partial charge on any atom is -0.353 e. The quantitative estimate of drug-likeness (QED) is 0.779. The highest BCUT2D eigenvalue weighted by atomic mass is 35.5. The van der Waals surface area contributed by atoms with Crippen molar-refractivity contribution in [2.24, 2.45) is 0 Å². The first-order valence-corrected chi connectivity index (χ1v) is 9.46. The van der Waals surface area contributed by atoms with Gasteiger partial charge in [0.1, 0.15) is 6.04 Å². The van der Waals surface area contributed by atoms with E-state index in [4.69, 9.17) is 11.6 Å². The van der Waals surface area contributed by atoms with Crippen LogP contribution in [-0.2, 0) is 17.8 Å². The Morgan fingerprint density at radius 1 is 1.14 bits per heavy atom. The zero-order chi connectivity index (χ0) is 19.4. The highest BCUT2D eigenvalue weighted by Gasteiger charge is 2.35. The van der Waals surface area contributed by atoms with Crippen molar-refractivity contribution >= 4 is 35.8 Å². The molecule has 0 radical (unpaired) electrons. The molecular weight excluding hydrogens is 397 g/mol. The summed E-state index contributed by atoms with van der Waals surface area (Å²) in [6, 6.07) is 14.5. The van der Waals surface area contributed by atoms with Gasteiger partial charge in [-0.2, -0.15) is 0 Å². The van der Waals surface area contributed by atoms with Gasteiger partial charge < -0.3 is 15.5 Å². The third-order valence-electron chi connectivity index (χ3n) is 4.99. The maximum Gasteiger partial charge on any atom is 0.256 e. The van der Waals surface area contributed by atoms with E-state index in [0.29, 0.717) is 30.1 Å². The molecule has 0 aromatic heterocycles. The third-order valence-corrected chi connectivity index (χ3v) is 5.32. The second-order valence-corrected chi connectivity index (χ2v) is 7.24. The first kappa shape index (κ1) is 22.2. The van der Waals surface area contributed by atoms with E-state index in [9.17, 15) is 9.59 Å². The van der Waals surface area contributed by atoms with Crippen LogP contribution in [0.2, 0.25) is 5.02 Å². The van der Waals surface area contributed by atoms with Gasteiger partial charge in [-0.1, -0.05) is 48.0 Å². The minimum atomic E-state index is -0.562. The Balaban J connectivity index is 0.00000280. The van der Waals surface area contributed by atoms with Gasteiger partial charge in [0.25, 0.3) is 5.91 Å². The van der Waals surface area contributed by atoms with Crippen LogP contribution in [-0.4, -0.2) is 42.4 Å². The number of hydrogen-bond donors (Lipinski definition) is 2. The molecule has 0 aliphatic carbocycles. The zero-order valence-corrected chi connectivity index (χ0v) is 17.5. The number of hydrogen-bond acceptors (Lipinski definition) is 3. The summed E-state index contributed by atoms with van der Waals surface area (Å²) in [7, 11) is 1.85. The molecule has 0 saturated carbocycles. The normalized spacial score (nSPS) is 16.5. The molecule has 0 saturated heterocycles. The summed E-state index contributed by atoms with van der Waals surface area (Å²) in [5, 5.41) is 6.44. The summed E-state index contributed by atoms with van der Waals surface area (Å²) in [6.07, 6.45) is 0.492. The van der Waals surface area contributed by atoms with Gasteiger partial charge in [0, 0.05) is 25.6 Å². The summed E-state index contributed by atoms with van der Waals surface area (Å²) in [5.41, 5.74) is 2.58. The number of carbonyl (C=O) groups is 2. The van der Waals surface area contributed by atoms with Crippen molar-refractivity contribution in [2.45, 2.75) is 32.0 Å². The lowest BCUT2D eigenvalue weighted by Gasteiger charge is -2.36. The molecule has 0 fully saturated rings. The van der Waals surface area contributed by atoms with E-state index >= 15 is 0 Å². The first-order valence-electron chi connectivity index (χ1n) is 9.08. The van der Waals surface area contributed by atoms with Crippen LogP contribution in [0.3, 0.4) is 0 Å². The van der Waals surface area contributed by atoms with Crippen molar-refractivity contribution < 1.29 is 9.59 Å². The summed E-state index contributed by atoms with van der Waals surface area (Å²) in [6.45, 7) is 2.88. The molecule has 0 bridgehead atoms. The van der Waals surface area contributed by atoms with Crippen LogP contribution < -0.4 is 10.6 Å². The van der Waals surface area contributed by atoms with Crippen molar-refractivity contribution in [3.63, 3.8) is 0 Å². The van der Waals surface area contributed by atoms with Gasteiger partial charge >= 0.3 is 0 Å². The number of fused-ring (bicyclic) bond motifs is 1. The number of nitrogens with one attached hydrogen (secondary N) is 2. The van der Waals surface area contributed by atoms with E-state index in [1.807, 2.05) is 38.2 Å². The van der Waals surface area contributed by atoms with Crippen LogP contribution in [0.4, 0.5) is 0 Å². The Labute approximate surface area is 176 Å². The van der Waals surface area contributed by atoms with Gasteiger partial charge in [-0.3, -0.25) is 9.59 Å². The molecule has 7 heteroatoms. The SMILES string of the molecule is CNC(C)CNC(=O)C1Cc2ccccc2CN1C(=O)c1ccccc1Cl.Cl. The lowest BCUT2D eigenvalue weighted by atomic mass is 9.92. The fourth-order valence-electron chi connectivity index (χ4n) is 3.23. The largest absolute Gasteiger partial charge is 0.353 e. The minimum absolute atomic E-state index is 0. The van der Waals surface area contributed by atoms with Crippen molar-refractivity contribution in [3.8, 4) is 0 Å². The smallest absolute Gasteiger partial charge is 0.256 e. The number of nitrogens with zero attached hydrogens (tertiary/aromatic N) is 1. The number of benzene rings is 2. The lowest BCUT2D eigenvalue weighted by molar-refractivity contribution is -0.126. The second kappa shape index (κ2) is 9.92. The van der Waals surface area contributed by atoms with E-state index in [2.05, 4.69) is 10.6 Å². The van der Waals surface area contributed by atoms with Gasteiger partial charge in [-0.05, 0) is 37.2 Å². The fourth-order valence-corrected chi connectivity index (χ4v) is 3.45. The zero-order valence-electron chi connectivity index (χ0n) is 15.9. The number of rotatable bonds is 5. The number of halogens is 2. The molecule has 0 spiro atoms. The van der Waals surface area contributed by atoms with Gasteiger partial charge in [0.05, 0.1) is 10.6 Å². The Bertz CT molecular complexity index is 844. The van der Waals surface area contributed by atoms with Crippen LogP contribution in [0.15, 0.2) is 48.5 Å². The third kappa shape index (κ3) is 4.85. The van der Waals surface area contributed by atoms with E-state index < -0.39 is 6.04 Å². The molecule has 150 valence electrons. The Kier molecular flexibility index (Phi) is 7.87. The molecule has 2 N–H and O–H groups in total. The van der Waals surface area contributed by atoms with Crippen LogP contribution in [0.5, 0.6) is 0 Å². The van der Waals surface area contributed by atoms with Crippen LogP contribution in [0.25, 0.3) is 0 Å². The maximum absolute atomic E-state index is 13.2. The van der Waals surface area contributed by atoms with E-state index in [1.54, 1.807) is 29.2 Å². The standard InChI is InChI=1S/C21H24ClN3O2.ClH/c1-14(23-2)12-24-20(26)19-11-15-7-3-4-8-16(15)13-25(19)21(27)17-9-5-6-10-18(17)22;/h3-10,14,19,23H,11-13H2,1-2H3,(H,24,26);1H. The monoisotopic (exact) mass is 421 g/mol. The van der Waals surface area contributed by atoms with Crippen LogP contribution in [0, 0.1) is 0 Å². The molecular formula is C21H25Cl2N3O2. The van der Waals surface area contributed by atoms with E-state index in [-0.39, 0.29) is 30.3 Å². The predicted octanol–water partition coefficient (Wildman–Crippen LogP) is 3.05. The average molecular weight is 422 g/mol. The van der Waals surface area contributed by atoms with Gasteiger partial charge in [0.15, 0.2) is 0 Å². The molecule has 2 amide bonds. The molecule has 5 nitrogen and oxygen atoms in total. The number of amides is 2. The molecule has 2 unspecified atom stereocenters. The average Bonchev–Trinajstić information content (AvgIpc) is 2.70. The topological polar surface area (TPSA) is 61.4 Å². The molecule has 1 aliphatic rings. The van der Waals surface area contributed by atoms with Crippen LogP contribution >= 0.6 is 24.0 Å². The van der Waals surface area contributed by atoms with Gasteiger partial charge in [0.2, 0.25) is 5.91 Å². The highest BCUT2D eigenvalue weighted by molar-refractivity contribution is 6.33. The molecule has 2 aromatic rings. The fraction of sp³-hybridized carbons (Fsp3) is 0.333. The van der Waals surface area contributed by atoms with Crippen molar-refractivity contribution in [3.05, 3.63) is 70.2 Å². The highest BCUT2D eigenvalue weighted by Crippen LogP contribution is 2.27. The molecule has 1 heterocycles. The molecule has 3 rings (SSSR count). The molecule has 28 heavy (non-hydrogen) atoms. The second-order valence-electron chi connectivity index (χ2n) is 6.84. The Morgan fingerprint density at radius 3 is 2.46 bits per heavy atom. The van der Waals surface area contributed by atoms with Gasteiger partial charge in [-0.15, -0.1) is 12.4 Å². The van der Waals surface area contributed by atoms with Crippen molar-refractivity contribution in [2.75, 3.05) is 13.6 Å². The Morgan fingerprint density at radius 2 is 1.79 bits per heavy atom. The van der Waals surface area contributed by atoms with E-state index in [1.165, 1.54) is 0 Å². The summed E-state index contributed by atoms with van der Waals surface area (Å²) in [4.78, 5) is 27.7. The first-order chi connectivity index (χ1) is 13.0. The van der Waals surface area contributed by atoms with Crippen LogP contribution in [0.1, 0.15) is 28.4 Å². The van der Waals surface area contributed by atoms with Crippen molar-refractivity contribution in [1.82, 2.24) is 15.5 Å². The molecule has 1 aliphatic heterocycles. The maximum atomic E-state index is 13.2. The summed E-state index contributed by atoms with van der Waals surface area (Å²) >= 11 is 6.23.